The lowest BCUT2D eigenvalue weighted by molar-refractivity contribution is 0.181. The van der Waals surface area contributed by atoms with E-state index in [9.17, 15) is 9.50 Å². The number of aliphatic hydroxyl groups excluding tert-OH is 1. The summed E-state index contributed by atoms with van der Waals surface area (Å²) in [5.74, 6) is -0.285. The Hall–Kier alpha value is -3.77. The molecule has 198 valence electrons. The molecule has 1 atom stereocenters. The second-order valence-electron chi connectivity index (χ2n) is 10.0. The molecule has 0 saturated heterocycles. The summed E-state index contributed by atoms with van der Waals surface area (Å²) in [5, 5.41) is 21.3. The molecule has 4 rings (SSSR count). The number of rotatable bonds is 8. The van der Waals surface area contributed by atoms with Gasteiger partial charge in [0.1, 0.15) is 0 Å². The van der Waals surface area contributed by atoms with Gasteiger partial charge in [-0.1, -0.05) is 74.9 Å². The molecule has 5 nitrogen and oxygen atoms in total. The molecule has 38 heavy (non-hydrogen) atoms. The fourth-order valence-electron chi connectivity index (χ4n) is 4.94. The highest BCUT2D eigenvalue weighted by Gasteiger charge is 2.22. The molecule has 6 heteroatoms. The number of aryl methyl sites for hydroxylation is 1. The maximum atomic E-state index is 13.8. The lowest BCUT2D eigenvalue weighted by atomic mass is 9.94. The van der Waals surface area contributed by atoms with Gasteiger partial charge in [0.15, 0.2) is 0 Å². The molecular formula is C32H37FN4O. The number of pyridine rings is 1. The van der Waals surface area contributed by atoms with Crippen LogP contribution in [0.4, 0.5) is 4.39 Å². The topological polar surface area (TPSA) is 63.0 Å². The molecule has 0 saturated carbocycles. The number of aliphatic hydroxyl groups is 1. The Morgan fingerprint density at radius 2 is 1.79 bits per heavy atom. The highest BCUT2D eigenvalue weighted by molar-refractivity contribution is 5.68. The molecular weight excluding hydrogens is 475 g/mol. The third-order valence-electron chi connectivity index (χ3n) is 7.09. The van der Waals surface area contributed by atoms with E-state index in [1.165, 1.54) is 11.6 Å². The van der Waals surface area contributed by atoms with E-state index in [4.69, 9.17) is 5.10 Å². The molecule has 0 fully saturated rings. The van der Waals surface area contributed by atoms with Crippen molar-refractivity contribution in [3.8, 4) is 16.9 Å². The molecule has 0 aliphatic carbocycles. The first-order valence-corrected chi connectivity index (χ1v) is 13.2. The summed E-state index contributed by atoms with van der Waals surface area (Å²) in [4.78, 5) is 4.02. The van der Waals surface area contributed by atoms with Crippen molar-refractivity contribution in [2.75, 3.05) is 6.54 Å². The number of nitrogens with one attached hydrogen (secondary N) is 1. The van der Waals surface area contributed by atoms with Gasteiger partial charge in [-0.15, -0.1) is 0 Å². The van der Waals surface area contributed by atoms with Crippen LogP contribution in [-0.2, 0) is 0 Å². The van der Waals surface area contributed by atoms with E-state index >= 15 is 0 Å². The Morgan fingerprint density at radius 3 is 2.45 bits per heavy atom. The standard InChI is InChI=1S/C32H37FN4O/c1-7-21(4)25-14-11-15-26(27(25)18-34-19-29(38)24-12-9-8-10-13-24)32-31(20(2)3)23(6)37(36-32)28-16-17-30(33)35-22(28)5/h8-18,20,29,34,38H,7,19H2,1-6H3/b25-21+,27-18+. The molecule has 0 radical (unpaired) electrons. The van der Waals surface area contributed by atoms with Crippen molar-refractivity contribution < 1.29 is 9.50 Å². The van der Waals surface area contributed by atoms with E-state index in [0.29, 0.717) is 12.2 Å². The van der Waals surface area contributed by atoms with Crippen molar-refractivity contribution in [2.45, 2.75) is 60.0 Å². The quantitative estimate of drug-likeness (QED) is 0.308. The SMILES string of the molecule is CC/C(C)=c1\cccc(-c2nn(-c3ccc(F)nc3C)c(C)c2C(C)C)\c1=C\NCC(O)c1ccccc1. The molecule has 4 aromatic rings. The number of halogens is 1. The third-order valence-corrected chi connectivity index (χ3v) is 7.09. The van der Waals surface area contributed by atoms with Gasteiger partial charge in [0.25, 0.3) is 0 Å². The monoisotopic (exact) mass is 512 g/mol. The lowest BCUT2D eigenvalue weighted by Crippen LogP contribution is -2.32. The second kappa shape index (κ2) is 11.7. The van der Waals surface area contributed by atoms with Gasteiger partial charge >= 0.3 is 0 Å². The molecule has 0 aliphatic rings. The average Bonchev–Trinajstić information content (AvgIpc) is 3.25. The number of aromatic nitrogens is 3. The first-order chi connectivity index (χ1) is 18.2. The molecule has 2 aromatic carbocycles. The zero-order chi connectivity index (χ0) is 27.4. The Morgan fingerprint density at radius 1 is 1.05 bits per heavy atom. The van der Waals surface area contributed by atoms with E-state index < -0.39 is 12.1 Å². The Bertz CT molecular complexity index is 1540. The van der Waals surface area contributed by atoms with Gasteiger partial charge in [-0.05, 0) is 56.0 Å². The third kappa shape index (κ3) is 5.55. The molecule has 2 aromatic heterocycles. The van der Waals surface area contributed by atoms with Crippen molar-refractivity contribution in [3.63, 3.8) is 0 Å². The first kappa shape index (κ1) is 27.3. The lowest BCUT2D eigenvalue weighted by Gasteiger charge is -2.12. The summed E-state index contributed by atoms with van der Waals surface area (Å²) in [5.41, 5.74) is 7.54. The minimum atomic E-state index is -0.624. The van der Waals surface area contributed by atoms with Gasteiger partial charge in [-0.2, -0.15) is 9.49 Å². The maximum Gasteiger partial charge on any atom is 0.213 e. The van der Waals surface area contributed by atoms with Crippen molar-refractivity contribution in [1.82, 2.24) is 20.1 Å². The second-order valence-corrected chi connectivity index (χ2v) is 10.0. The predicted molar refractivity (Wildman–Crippen MR) is 153 cm³/mol. The van der Waals surface area contributed by atoms with Crippen LogP contribution >= 0.6 is 0 Å². The van der Waals surface area contributed by atoms with Gasteiger partial charge in [0.05, 0.1) is 23.2 Å². The van der Waals surface area contributed by atoms with E-state index in [0.717, 1.165) is 50.6 Å². The van der Waals surface area contributed by atoms with Crippen LogP contribution in [0.5, 0.6) is 0 Å². The Balaban J connectivity index is 1.89. The van der Waals surface area contributed by atoms with Crippen LogP contribution in [0.25, 0.3) is 28.7 Å². The fourth-order valence-corrected chi connectivity index (χ4v) is 4.94. The molecule has 2 heterocycles. The van der Waals surface area contributed by atoms with Crippen LogP contribution in [0.15, 0.2) is 60.7 Å². The molecule has 0 spiro atoms. The van der Waals surface area contributed by atoms with Gasteiger partial charge in [0.2, 0.25) is 5.95 Å². The summed E-state index contributed by atoms with van der Waals surface area (Å²) in [7, 11) is 0. The van der Waals surface area contributed by atoms with Crippen molar-refractivity contribution in [3.05, 3.63) is 99.6 Å². The van der Waals surface area contributed by atoms with E-state index in [1.807, 2.05) is 41.2 Å². The summed E-state index contributed by atoms with van der Waals surface area (Å²) < 4.78 is 15.6. The van der Waals surface area contributed by atoms with Gasteiger partial charge in [-0.25, -0.2) is 9.67 Å². The van der Waals surface area contributed by atoms with Crippen LogP contribution in [0, 0.1) is 19.8 Å². The van der Waals surface area contributed by atoms with Crippen LogP contribution < -0.4 is 15.8 Å². The predicted octanol–water partition coefficient (Wildman–Crippen LogP) is 5.46. The maximum absolute atomic E-state index is 13.8. The smallest absolute Gasteiger partial charge is 0.213 e. The summed E-state index contributed by atoms with van der Waals surface area (Å²) >= 11 is 0. The highest BCUT2D eigenvalue weighted by Crippen LogP contribution is 2.31. The summed E-state index contributed by atoms with van der Waals surface area (Å²) in [6, 6.07) is 19.1. The van der Waals surface area contributed by atoms with Crippen LogP contribution in [0.2, 0.25) is 0 Å². The van der Waals surface area contributed by atoms with Crippen LogP contribution in [0.3, 0.4) is 0 Å². The van der Waals surface area contributed by atoms with Gasteiger partial charge < -0.3 is 10.4 Å². The van der Waals surface area contributed by atoms with Crippen LogP contribution in [0.1, 0.15) is 68.7 Å². The minimum Gasteiger partial charge on any atom is -0.387 e. The molecule has 0 amide bonds. The average molecular weight is 513 g/mol. The number of benzene rings is 2. The van der Waals surface area contributed by atoms with Crippen LogP contribution in [-0.4, -0.2) is 26.4 Å². The van der Waals surface area contributed by atoms with Crippen molar-refractivity contribution >= 4 is 11.8 Å². The van der Waals surface area contributed by atoms with E-state index in [2.05, 4.69) is 63.1 Å². The number of nitrogens with zero attached hydrogens (tertiary/aromatic N) is 3. The molecule has 1 unspecified atom stereocenters. The molecule has 0 bridgehead atoms. The van der Waals surface area contributed by atoms with Gasteiger partial charge in [-0.3, -0.25) is 0 Å². The Labute approximate surface area is 224 Å². The normalized spacial score (nSPS) is 13.7. The molecule has 2 N–H and O–H groups in total. The fraction of sp³-hybridized carbons (Fsp3) is 0.312. The highest BCUT2D eigenvalue weighted by atomic mass is 19.1. The Kier molecular flexibility index (Phi) is 8.42. The summed E-state index contributed by atoms with van der Waals surface area (Å²) in [6.07, 6.45) is 2.29. The zero-order valence-corrected chi connectivity index (χ0v) is 23.1. The van der Waals surface area contributed by atoms with Crippen molar-refractivity contribution in [2.24, 2.45) is 0 Å². The molecule has 0 aliphatic heterocycles. The van der Waals surface area contributed by atoms with Crippen molar-refractivity contribution in [1.29, 1.82) is 0 Å². The number of hydrogen-bond donors (Lipinski definition) is 2. The zero-order valence-electron chi connectivity index (χ0n) is 23.1. The first-order valence-electron chi connectivity index (χ1n) is 13.2. The largest absolute Gasteiger partial charge is 0.387 e. The van der Waals surface area contributed by atoms with Gasteiger partial charge in [0, 0.05) is 34.8 Å². The summed E-state index contributed by atoms with van der Waals surface area (Å²) in [6.45, 7) is 12.9. The van der Waals surface area contributed by atoms with E-state index in [1.54, 1.807) is 13.0 Å². The van der Waals surface area contributed by atoms with E-state index in [-0.39, 0.29) is 5.92 Å². The minimum absolute atomic E-state index is 0.216. The number of hydrogen-bond acceptors (Lipinski definition) is 4.